The maximum atomic E-state index is 13.7. The van der Waals surface area contributed by atoms with E-state index in [2.05, 4.69) is 25.8 Å². The third kappa shape index (κ3) is 3.98. The number of hydrogen-bond acceptors (Lipinski definition) is 4. The fourth-order valence-electron chi connectivity index (χ4n) is 4.83. The van der Waals surface area contributed by atoms with E-state index in [-0.39, 0.29) is 33.9 Å². The van der Waals surface area contributed by atoms with E-state index in [4.69, 9.17) is 0 Å². The Balaban J connectivity index is 1.40. The Morgan fingerprint density at radius 3 is 2.42 bits per heavy atom. The number of aliphatic hydroxyl groups is 1. The Labute approximate surface area is 186 Å². The van der Waals surface area contributed by atoms with Gasteiger partial charge in [0.25, 0.3) is 5.91 Å². The summed E-state index contributed by atoms with van der Waals surface area (Å²) in [4.78, 5) is 21.2. The van der Waals surface area contributed by atoms with E-state index in [0.717, 1.165) is 32.1 Å². The molecule has 3 aliphatic rings. The normalized spacial score (nSPS) is 25.5. The highest BCUT2D eigenvalue weighted by molar-refractivity contribution is 9.10. The Kier molecular flexibility index (Phi) is 5.29. The molecule has 1 saturated heterocycles. The number of rotatable bonds is 3. The molecule has 1 aliphatic heterocycles. The molecule has 0 bridgehead atoms. The minimum atomic E-state index is -4.55. The molecule has 31 heavy (non-hydrogen) atoms. The van der Waals surface area contributed by atoms with Crippen LogP contribution in [0.4, 0.5) is 13.2 Å². The number of pyridine rings is 1. The molecule has 2 aliphatic carbocycles. The molecule has 2 saturated carbocycles. The van der Waals surface area contributed by atoms with Crippen molar-refractivity contribution in [2.45, 2.75) is 56.3 Å². The number of fused-ring (bicyclic) bond motifs is 1. The monoisotopic (exact) mass is 500 g/mol. The van der Waals surface area contributed by atoms with Crippen LogP contribution in [0.3, 0.4) is 0 Å². The number of hydrogen-bond donors (Lipinski definition) is 1. The second-order valence-corrected chi connectivity index (χ2v) is 9.60. The van der Waals surface area contributed by atoms with Gasteiger partial charge in [0.15, 0.2) is 11.3 Å². The molecule has 6 nitrogen and oxygen atoms in total. The van der Waals surface area contributed by atoms with E-state index < -0.39 is 11.7 Å². The van der Waals surface area contributed by atoms with Gasteiger partial charge in [-0.25, -0.2) is 4.98 Å². The predicted octanol–water partition coefficient (Wildman–Crippen LogP) is 3.66. The molecule has 2 atom stereocenters. The van der Waals surface area contributed by atoms with Gasteiger partial charge in [0.2, 0.25) is 0 Å². The van der Waals surface area contributed by atoms with E-state index in [0.29, 0.717) is 37.8 Å². The SMILES string of the molecule is O=C(c1nc2c(C(F)(F)F)cc(C3CC3)cn2c1Br)N1CCN([C@@H]2CC[C@@H](O)C2)CC1. The lowest BCUT2D eigenvalue weighted by Crippen LogP contribution is -2.51. The van der Waals surface area contributed by atoms with E-state index in [1.807, 2.05) is 0 Å². The second-order valence-electron chi connectivity index (χ2n) is 8.85. The molecule has 1 N–H and O–H groups in total. The van der Waals surface area contributed by atoms with Crippen LogP contribution in [-0.2, 0) is 6.18 Å². The number of halogens is 4. The largest absolute Gasteiger partial charge is 0.419 e. The summed E-state index contributed by atoms with van der Waals surface area (Å²) in [6, 6.07) is 1.51. The maximum Gasteiger partial charge on any atom is 0.419 e. The maximum absolute atomic E-state index is 13.7. The van der Waals surface area contributed by atoms with E-state index in [1.54, 1.807) is 11.1 Å². The van der Waals surface area contributed by atoms with Gasteiger partial charge in [-0.1, -0.05) is 0 Å². The number of amides is 1. The third-order valence-corrected chi connectivity index (χ3v) is 7.49. The average molecular weight is 501 g/mol. The quantitative estimate of drug-likeness (QED) is 0.698. The summed E-state index contributed by atoms with van der Waals surface area (Å²) in [6.07, 6.45) is 1.15. The topological polar surface area (TPSA) is 61.1 Å². The second kappa shape index (κ2) is 7.74. The van der Waals surface area contributed by atoms with E-state index in [1.165, 1.54) is 10.5 Å². The molecule has 3 heterocycles. The Morgan fingerprint density at radius 2 is 1.84 bits per heavy atom. The first-order chi connectivity index (χ1) is 14.7. The number of carbonyl (C=O) groups excluding carboxylic acids is 1. The standard InChI is InChI=1S/C21H24BrF3N4O2/c22-18-17(20(31)28-7-5-27(6-8-28)14-3-4-15(30)10-14)26-19-16(21(23,24)25)9-13(11-29(18)19)12-1-2-12/h9,11-12,14-15,30H,1-8,10H2/t14-,15-/m1/s1. The average Bonchev–Trinajstić information content (AvgIpc) is 3.42. The number of carbonyl (C=O) groups is 1. The van der Waals surface area contributed by atoms with Gasteiger partial charge < -0.3 is 10.0 Å². The van der Waals surface area contributed by atoms with Crippen LogP contribution >= 0.6 is 15.9 Å². The lowest BCUT2D eigenvalue weighted by molar-refractivity contribution is -0.136. The summed E-state index contributed by atoms with van der Waals surface area (Å²) in [5.41, 5.74) is -0.403. The first kappa shape index (κ1) is 21.2. The Morgan fingerprint density at radius 1 is 1.13 bits per heavy atom. The molecule has 0 spiro atoms. The highest BCUT2D eigenvalue weighted by Gasteiger charge is 2.38. The zero-order chi connectivity index (χ0) is 21.9. The Hall–Kier alpha value is -1.65. The molecule has 3 fully saturated rings. The molecular formula is C21H24BrF3N4O2. The van der Waals surface area contributed by atoms with Gasteiger partial charge in [-0.3, -0.25) is 14.1 Å². The van der Waals surface area contributed by atoms with Gasteiger partial charge >= 0.3 is 6.18 Å². The third-order valence-electron chi connectivity index (χ3n) is 6.73. The van der Waals surface area contributed by atoms with Crippen LogP contribution in [0.1, 0.15) is 59.6 Å². The summed E-state index contributed by atoms with van der Waals surface area (Å²) >= 11 is 3.34. The van der Waals surface area contributed by atoms with Crippen LogP contribution in [0.25, 0.3) is 5.65 Å². The van der Waals surface area contributed by atoms with Crippen molar-refractivity contribution in [3.63, 3.8) is 0 Å². The smallest absolute Gasteiger partial charge is 0.393 e. The fraction of sp³-hybridized carbons (Fsp3) is 0.619. The van der Waals surface area contributed by atoms with E-state index in [9.17, 15) is 23.1 Å². The van der Waals surface area contributed by atoms with Crippen molar-refractivity contribution >= 4 is 27.5 Å². The molecule has 2 aromatic rings. The molecular weight excluding hydrogens is 477 g/mol. The Bertz CT molecular complexity index is 1010. The summed E-state index contributed by atoms with van der Waals surface area (Å²) in [7, 11) is 0. The molecule has 1 amide bonds. The van der Waals surface area contributed by atoms with Gasteiger partial charge in [0.1, 0.15) is 4.60 Å². The molecule has 10 heteroatoms. The van der Waals surface area contributed by atoms with Crippen LogP contribution in [0.2, 0.25) is 0 Å². The fourth-order valence-corrected chi connectivity index (χ4v) is 5.36. The van der Waals surface area contributed by atoms with Crippen molar-refractivity contribution in [3.8, 4) is 0 Å². The van der Waals surface area contributed by atoms with Crippen molar-refractivity contribution in [1.82, 2.24) is 19.2 Å². The molecule has 0 unspecified atom stereocenters. The minimum absolute atomic E-state index is 0.0168. The number of aromatic nitrogens is 2. The van der Waals surface area contributed by atoms with Crippen molar-refractivity contribution in [1.29, 1.82) is 0 Å². The van der Waals surface area contributed by atoms with Crippen LogP contribution in [0, 0.1) is 0 Å². The highest BCUT2D eigenvalue weighted by atomic mass is 79.9. The van der Waals surface area contributed by atoms with Gasteiger partial charge in [-0.2, -0.15) is 13.2 Å². The van der Waals surface area contributed by atoms with Crippen molar-refractivity contribution in [3.05, 3.63) is 33.7 Å². The van der Waals surface area contributed by atoms with Crippen LogP contribution in [0.5, 0.6) is 0 Å². The first-order valence-corrected chi connectivity index (χ1v) is 11.5. The summed E-state index contributed by atoms with van der Waals surface area (Å²) in [6.45, 7) is 2.36. The summed E-state index contributed by atoms with van der Waals surface area (Å²) < 4.78 is 42.8. The van der Waals surface area contributed by atoms with E-state index >= 15 is 0 Å². The summed E-state index contributed by atoms with van der Waals surface area (Å²) in [5, 5.41) is 9.77. The zero-order valence-electron chi connectivity index (χ0n) is 16.9. The number of aliphatic hydroxyl groups excluding tert-OH is 1. The van der Waals surface area contributed by atoms with Gasteiger partial charge in [0.05, 0.1) is 11.7 Å². The molecule has 2 aromatic heterocycles. The van der Waals surface area contributed by atoms with Gasteiger partial charge in [-0.15, -0.1) is 0 Å². The molecule has 0 aromatic carbocycles. The predicted molar refractivity (Wildman–Crippen MR) is 111 cm³/mol. The minimum Gasteiger partial charge on any atom is -0.393 e. The molecule has 5 rings (SSSR count). The van der Waals surface area contributed by atoms with Crippen molar-refractivity contribution < 1.29 is 23.1 Å². The molecule has 0 radical (unpaired) electrons. The van der Waals surface area contributed by atoms with Crippen LogP contribution < -0.4 is 0 Å². The number of alkyl halides is 3. The number of piperazine rings is 1. The summed E-state index contributed by atoms with van der Waals surface area (Å²) in [5.74, 6) is -0.219. The van der Waals surface area contributed by atoms with Crippen molar-refractivity contribution in [2.75, 3.05) is 26.2 Å². The van der Waals surface area contributed by atoms with Gasteiger partial charge in [-0.05, 0) is 65.6 Å². The first-order valence-electron chi connectivity index (χ1n) is 10.7. The molecule has 168 valence electrons. The van der Waals surface area contributed by atoms with Crippen LogP contribution in [-0.4, -0.2) is 68.5 Å². The highest BCUT2D eigenvalue weighted by Crippen LogP contribution is 2.43. The lowest BCUT2D eigenvalue weighted by atomic mass is 10.1. The number of imidazole rings is 1. The number of nitrogens with zero attached hydrogens (tertiary/aromatic N) is 4. The van der Waals surface area contributed by atoms with Gasteiger partial charge in [0, 0.05) is 38.4 Å². The van der Waals surface area contributed by atoms with Crippen molar-refractivity contribution in [2.24, 2.45) is 0 Å². The lowest BCUT2D eigenvalue weighted by Gasteiger charge is -2.37. The zero-order valence-corrected chi connectivity index (χ0v) is 18.5. The van der Waals surface area contributed by atoms with Crippen LogP contribution in [0.15, 0.2) is 16.9 Å².